The molecule has 0 aromatic heterocycles. The first-order valence-electron chi connectivity index (χ1n) is 4.00. The summed E-state index contributed by atoms with van der Waals surface area (Å²) >= 11 is 3.22. The lowest BCUT2D eigenvalue weighted by Crippen LogP contribution is -2.10. The van der Waals surface area contributed by atoms with Crippen LogP contribution in [0.1, 0.15) is 24.9 Å². The summed E-state index contributed by atoms with van der Waals surface area (Å²) in [5, 5.41) is 9.39. The molecular formula is C9H11BrFNO. The predicted molar refractivity (Wildman–Crippen MR) is 53.0 cm³/mol. The molecule has 0 fully saturated rings. The van der Waals surface area contributed by atoms with Crippen molar-refractivity contribution in [2.45, 2.75) is 19.4 Å². The first-order chi connectivity index (χ1) is 6.07. The Morgan fingerprint density at radius 1 is 1.62 bits per heavy atom. The average Bonchev–Trinajstić information content (AvgIpc) is 2.12. The first kappa shape index (κ1) is 10.5. The minimum atomic E-state index is -0.637. The number of aromatic hydroxyl groups is 1. The molecule has 1 atom stereocenters. The van der Waals surface area contributed by atoms with E-state index >= 15 is 0 Å². The van der Waals surface area contributed by atoms with Gasteiger partial charge in [-0.1, -0.05) is 22.9 Å². The van der Waals surface area contributed by atoms with Crippen LogP contribution < -0.4 is 5.73 Å². The van der Waals surface area contributed by atoms with E-state index in [9.17, 15) is 9.50 Å². The lowest BCUT2D eigenvalue weighted by Gasteiger charge is -2.13. The third kappa shape index (κ3) is 2.00. The quantitative estimate of drug-likeness (QED) is 0.845. The van der Waals surface area contributed by atoms with E-state index in [0.29, 0.717) is 16.5 Å². The monoisotopic (exact) mass is 247 g/mol. The molecule has 0 heterocycles. The number of hydrogen-bond acceptors (Lipinski definition) is 2. The van der Waals surface area contributed by atoms with Crippen LogP contribution in [0.15, 0.2) is 16.6 Å². The van der Waals surface area contributed by atoms with Crippen molar-refractivity contribution in [3.05, 3.63) is 28.0 Å². The molecule has 0 saturated heterocycles. The van der Waals surface area contributed by atoms with Crippen LogP contribution >= 0.6 is 15.9 Å². The number of hydrogen-bond donors (Lipinski definition) is 2. The van der Waals surface area contributed by atoms with Gasteiger partial charge in [0.25, 0.3) is 0 Å². The molecule has 0 unspecified atom stereocenters. The van der Waals surface area contributed by atoms with Gasteiger partial charge >= 0.3 is 0 Å². The molecule has 0 aliphatic rings. The highest BCUT2D eigenvalue weighted by atomic mass is 79.9. The second-order valence-electron chi connectivity index (χ2n) is 2.81. The van der Waals surface area contributed by atoms with E-state index < -0.39 is 5.82 Å². The van der Waals surface area contributed by atoms with Gasteiger partial charge in [0.05, 0.1) is 0 Å². The number of benzene rings is 1. The van der Waals surface area contributed by atoms with Gasteiger partial charge in [0.2, 0.25) is 0 Å². The Balaban J connectivity index is 3.25. The second-order valence-corrected chi connectivity index (χ2v) is 3.66. The molecule has 0 aliphatic carbocycles. The van der Waals surface area contributed by atoms with E-state index in [-0.39, 0.29) is 11.8 Å². The Morgan fingerprint density at radius 3 is 2.77 bits per heavy atom. The molecule has 4 heteroatoms. The summed E-state index contributed by atoms with van der Waals surface area (Å²) in [5.74, 6) is -0.995. The first-order valence-corrected chi connectivity index (χ1v) is 4.79. The summed E-state index contributed by atoms with van der Waals surface area (Å²) in [4.78, 5) is 0. The fraction of sp³-hybridized carbons (Fsp3) is 0.333. The largest absolute Gasteiger partial charge is 0.505 e. The standard InChI is InChI=1S/C9H11BrFNO/c1-2-7(12)8-5(10)3-4-6(11)9(8)13/h3-4,7,13H,2,12H2,1H3/t7-/m0/s1. The van der Waals surface area contributed by atoms with Crippen LogP contribution in [0.3, 0.4) is 0 Å². The summed E-state index contributed by atoms with van der Waals surface area (Å²) in [7, 11) is 0. The van der Waals surface area contributed by atoms with E-state index in [1.54, 1.807) is 6.07 Å². The molecular weight excluding hydrogens is 237 g/mol. The van der Waals surface area contributed by atoms with E-state index in [2.05, 4.69) is 15.9 Å². The average molecular weight is 248 g/mol. The van der Waals surface area contributed by atoms with Crippen LogP contribution in [0.25, 0.3) is 0 Å². The van der Waals surface area contributed by atoms with Crippen molar-refractivity contribution < 1.29 is 9.50 Å². The van der Waals surface area contributed by atoms with Crippen molar-refractivity contribution in [3.63, 3.8) is 0 Å². The van der Waals surface area contributed by atoms with E-state index in [1.165, 1.54) is 6.07 Å². The third-order valence-electron chi connectivity index (χ3n) is 1.93. The van der Waals surface area contributed by atoms with Crippen molar-refractivity contribution in [2.75, 3.05) is 0 Å². The van der Waals surface area contributed by atoms with Crippen LogP contribution in [0, 0.1) is 5.82 Å². The van der Waals surface area contributed by atoms with Gasteiger partial charge < -0.3 is 10.8 Å². The van der Waals surface area contributed by atoms with Crippen LogP contribution in [-0.4, -0.2) is 5.11 Å². The zero-order chi connectivity index (χ0) is 10.0. The Kier molecular flexibility index (Phi) is 3.27. The summed E-state index contributed by atoms with van der Waals surface area (Å²) in [6.45, 7) is 1.88. The normalized spacial score (nSPS) is 12.9. The minimum absolute atomic E-state index is 0.343. The van der Waals surface area contributed by atoms with Crippen LogP contribution in [0.5, 0.6) is 5.75 Å². The Labute approximate surface area is 84.7 Å². The van der Waals surface area contributed by atoms with Crippen molar-refractivity contribution in [2.24, 2.45) is 5.73 Å². The van der Waals surface area contributed by atoms with Crippen molar-refractivity contribution in [1.29, 1.82) is 0 Å². The molecule has 0 saturated carbocycles. The zero-order valence-electron chi connectivity index (χ0n) is 7.22. The molecule has 1 aromatic carbocycles. The van der Waals surface area contributed by atoms with Crippen molar-refractivity contribution >= 4 is 15.9 Å². The molecule has 72 valence electrons. The summed E-state index contributed by atoms with van der Waals surface area (Å²) < 4.78 is 13.6. The Morgan fingerprint density at radius 2 is 2.23 bits per heavy atom. The van der Waals surface area contributed by atoms with Gasteiger partial charge in [-0.05, 0) is 18.6 Å². The third-order valence-corrected chi connectivity index (χ3v) is 2.62. The van der Waals surface area contributed by atoms with Crippen molar-refractivity contribution in [3.8, 4) is 5.75 Å². The fourth-order valence-corrected chi connectivity index (χ4v) is 1.73. The predicted octanol–water partition coefficient (Wildman–Crippen LogP) is 2.70. The van der Waals surface area contributed by atoms with E-state index in [4.69, 9.17) is 5.73 Å². The van der Waals surface area contributed by atoms with Gasteiger partial charge in [-0.3, -0.25) is 0 Å². The molecule has 2 nitrogen and oxygen atoms in total. The van der Waals surface area contributed by atoms with Gasteiger partial charge in [-0.25, -0.2) is 4.39 Å². The Hall–Kier alpha value is -0.610. The lowest BCUT2D eigenvalue weighted by atomic mass is 10.0. The van der Waals surface area contributed by atoms with E-state index in [0.717, 1.165) is 0 Å². The molecule has 0 spiro atoms. The van der Waals surface area contributed by atoms with Crippen molar-refractivity contribution in [1.82, 2.24) is 0 Å². The molecule has 3 N–H and O–H groups in total. The number of rotatable bonds is 2. The molecule has 0 radical (unpaired) electrons. The van der Waals surface area contributed by atoms with Gasteiger partial charge in [0.15, 0.2) is 11.6 Å². The molecule has 0 amide bonds. The summed E-state index contributed by atoms with van der Waals surface area (Å²) in [6.07, 6.45) is 0.648. The van der Waals surface area contributed by atoms with Gasteiger partial charge in [0.1, 0.15) is 0 Å². The number of halogens is 2. The maximum absolute atomic E-state index is 12.9. The smallest absolute Gasteiger partial charge is 0.165 e. The highest BCUT2D eigenvalue weighted by Crippen LogP contribution is 2.33. The van der Waals surface area contributed by atoms with Crippen LogP contribution in [0.4, 0.5) is 4.39 Å². The van der Waals surface area contributed by atoms with Gasteiger partial charge in [-0.15, -0.1) is 0 Å². The van der Waals surface area contributed by atoms with Crippen LogP contribution in [-0.2, 0) is 0 Å². The van der Waals surface area contributed by atoms with Crippen LogP contribution in [0.2, 0.25) is 0 Å². The van der Waals surface area contributed by atoms with E-state index in [1.807, 2.05) is 6.92 Å². The number of nitrogens with two attached hydrogens (primary N) is 1. The maximum atomic E-state index is 12.9. The minimum Gasteiger partial charge on any atom is -0.505 e. The topological polar surface area (TPSA) is 46.2 Å². The lowest BCUT2D eigenvalue weighted by molar-refractivity contribution is 0.419. The second kappa shape index (κ2) is 4.07. The fourth-order valence-electron chi connectivity index (χ4n) is 1.11. The molecule has 0 bridgehead atoms. The van der Waals surface area contributed by atoms with Gasteiger partial charge in [0, 0.05) is 16.1 Å². The molecule has 1 rings (SSSR count). The molecule has 1 aromatic rings. The van der Waals surface area contributed by atoms with Gasteiger partial charge in [-0.2, -0.15) is 0 Å². The number of phenolic OH excluding ortho intramolecular Hbond substituents is 1. The summed E-state index contributed by atoms with van der Waals surface area (Å²) in [5.41, 5.74) is 6.14. The maximum Gasteiger partial charge on any atom is 0.165 e. The Bertz CT molecular complexity index is 317. The SMILES string of the molecule is CC[C@H](N)c1c(Br)ccc(F)c1O. The zero-order valence-corrected chi connectivity index (χ0v) is 8.81. The molecule has 0 aliphatic heterocycles. The highest BCUT2D eigenvalue weighted by Gasteiger charge is 2.16. The highest BCUT2D eigenvalue weighted by molar-refractivity contribution is 9.10. The number of phenols is 1. The summed E-state index contributed by atoms with van der Waals surface area (Å²) in [6, 6.07) is 2.40. The molecule has 13 heavy (non-hydrogen) atoms.